The second-order valence-electron chi connectivity index (χ2n) is 6.28. The fraction of sp³-hybridized carbons (Fsp3) is 0.625. The minimum atomic E-state index is -0.195. The van der Waals surface area contributed by atoms with Crippen molar-refractivity contribution in [2.24, 2.45) is 0 Å². The van der Waals surface area contributed by atoms with Crippen LogP contribution in [-0.2, 0) is 11.3 Å². The lowest BCUT2D eigenvalue weighted by molar-refractivity contribution is 0.0972. The van der Waals surface area contributed by atoms with Gasteiger partial charge in [0.15, 0.2) is 0 Å². The number of halogens is 1. The fourth-order valence-electron chi connectivity index (χ4n) is 1.97. The van der Waals surface area contributed by atoms with E-state index in [2.05, 4.69) is 38.0 Å². The van der Waals surface area contributed by atoms with E-state index in [4.69, 9.17) is 4.74 Å². The van der Waals surface area contributed by atoms with Crippen molar-refractivity contribution in [1.29, 1.82) is 0 Å². The Bertz CT molecular complexity index is 386. The summed E-state index contributed by atoms with van der Waals surface area (Å²) < 4.78 is 18.2. The van der Waals surface area contributed by atoms with Gasteiger partial charge in [-0.3, -0.25) is 4.90 Å². The summed E-state index contributed by atoms with van der Waals surface area (Å²) >= 11 is 0. The predicted octanol–water partition coefficient (Wildman–Crippen LogP) is 2.66. The van der Waals surface area contributed by atoms with Crippen molar-refractivity contribution < 1.29 is 9.13 Å². The topological polar surface area (TPSA) is 24.5 Å². The lowest BCUT2D eigenvalue weighted by Crippen LogP contribution is -2.48. The molecule has 0 radical (unpaired) electrons. The van der Waals surface area contributed by atoms with E-state index in [1.807, 2.05) is 12.1 Å². The van der Waals surface area contributed by atoms with Crippen molar-refractivity contribution in [2.75, 3.05) is 27.3 Å². The number of likely N-dealkylation sites (N-methyl/N-ethyl adjacent to an activating group) is 1. The van der Waals surface area contributed by atoms with Crippen molar-refractivity contribution >= 4 is 0 Å². The van der Waals surface area contributed by atoms with Crippen LogP contribution < -0.4 is 5.32 Å². The first-order chi connectivity index (χ1) is 9.31. The molecule has 0 aliphatic heterocycles. The van der Waals surface area contributed by atoms with Gasteiger partial charge in [0.25, 0.3) is 0 Å². The molecule has 4 heteroatoms. The summed E-state index contributed by atoms with van der Waals surface area (Å²) in [5.41, 5.74) is 1.19. The van der Waals surface area contributed by atoms with Crippen molar-refractivity contribution in [3.05, 3.63) is 35.6 Å². The Morgan fingerprint density at radius 3 is 2.35 bits per heavy atom. The summed E-state index contributed by atoms with van der Waals surface area (Å²) in [6, 6.07) is 6.94. The van der Waals surface area contributed by atoms with Crippen LogP contribution in [0.2, 0.25) is 0 Å². The first-order valence-electron chi connectivity index (χ1n) is 7.00. The molecule has 0 saturated carbocycles. The van der Waals surface area contributed by atoms with E-state index in [1.54, 1.807) is 7.11 Å². The number of methoxy groups -OCH3 is 1. The van der Waals surface area contributed by atoms with Crippen LogP contribution in [-0.4, -0.2) is 43.8 Å². The summed E-state index contributed by atoms with van der Waals surface area (Å²) in [5, 5.41) is 3.50. The third-order valence-corrected chi connectivity index (χ3v) is 3.20. The largest absolute Gasteiger partial charge is 0.383 e. The maximum absolute atomic E-state index is 12.9. The van der Waals surface area contributed by atoms with Gasteiger partial charge in [-0.2, -0.15) is 0 Å². The van der Waals surface area contributed by atoms with E-state index in [-0.39, 0.29) is 17.4 Å². The fourth-order valence-corrected chi connectivity index (χ4v) is 1.97. The van der Waals surface area contributed by atoms with Gasteiger partial charge in [0.05, 0.1) is 6.61 Å². The molecule has 1 N–H and O–H groups in total. The predicted molar refractivity (Wildman–Crippen MR) is 81.3 cm³/mol. The molecule has 1 aromatic carbocycles. The van der Waals surface area contributed by atoms with Crippen LogP contribution in [0.5, 0.6) is 0 Å². The maximum Gasteiger partial charge on any atom is 0.123 e. The molecule has 0 bridgehead atoms. The standard InChI is InChI=1S/C16H27FN2O/c1-16(2,3)18-10-15(12-20-5)19(4)11-13-6-8-14(17)9-7-13/h6-9,15,18H,10-12H2,1-5H3. The molecule has 1 unspecified atom stereocenters. The molecule has 0 spiro atoms. The minimum Gasteiger partial charge on any atom is -0.383 e. The molecule has 3 nitrogen and oxygen atoms in total. The molecule has 0 aliphatic carbocycles. The Labute approximate surface area is 122 Å². The Kier molecular flexibility index (Phi) is 6.59. The third kappa shape index (κ3) is 6.46. The highest BCUT2D eigenvalue weighted by molar-refractivity contribution is 5.15. The SMILES string of the molecule is COCC(CNC(C)(C)C)N(C)Cc1ccc(F)cc1. The van der Waals surface area contributed by atoms with Crippen molar-refractivity contribution in [3.8, 4) is 0 Å². The number of nitrogens with one attached hydrogen (secondary N) is 1. The number of hydrogen-bond donors (Lipinski definition) is 1. The van der Waals surface area contributed by atoms with E-state index in [0.717, 1.165) is 18.7 Å². The number of ether oxygens (including phenoxy) is 1. The second-order valence-corrected chi connectivity index (χ2v) is 6.28. The molecule has 0 aromatic heterocycles. The van der Waals surface area contributed by atoms with E-state index in [1.165, 1.54) is 12.1 Å². The molecule has 0 fully saturated rings. The van der Waals surface area contributed by atoms with Crippen LogP contribution in [0.1, 0.15) is 26.3 Å². The Morgan fingerprint density at radius 1 is 1.25 bits per heavy atom. The van der Waals surface area contributed by atoms with Crippen LogP contribution in [0.4, 0.5) is 4.39 Å². The molecule has 0 aliphatic rings. The van der Waals surface area contributed by atoms with Crippen LogP contribution >= 0.6 is 0 Å². The van der Waals surface area contributed by atoms with E-state index >= 15 is 0 Å². The van der Waals surface area contributed by atoms with Gasteiger partial charge in [0.1, 0.15) is 5.82 Å². The summed E-state index contributed by atoms with van der Waals surface area (Å²) in [7, 11) is 3.78. The number of nitrogens with zero attached hydrogens (tertiary/aromatic N) is 1. The zero-order valence-corrected chi connectivity index (χ0v) is 13.2. The van der Waals surface area contributed by atoms with E-state index in [9.17, 15) is 4.39 Å². The van der Waals surface area contributed by atoms with Crippen LogP contribution in [0.3, 0.4) is 0 Å². The molecular formula is C16H27FN2O. The average molecular weight is 282 g/mol. The third-order valence-electron chi connectivity index (χ3n) is 3.20. The number of benzene rings is 1. The van der Waals surface area contributed by atoms with Gasteiger partial charge in [-0.15, -0.1) is 0 Å². The van der Waals surface area contributed by atoms with Gasteiger partial charge >= 0.3 is 0 Å². The Hall–Kier alpha value is -0.970. The van der Waals surface area contributed by atoms with E-state index < -0.39 is 0 Å². The first kappa shape index (κ1) is 17.1. The van der Waals surface area contributed by atoms with Gasteiger partial charge in [0, 0.05) is 31.8 Å². The normalized spacial score (nSPS) is 13.8. The van der Waals surface area contributed by atoms with Gasteiger partial charge < -0.3 is 10.1 Å². The summed E-state index contributed by atoms with van der Waals surface area (Å²) in [6.45, 7) is 8.75. The number of hydrogen-bond acceptors (Lipinski definition) is 3. The molecule has 20 heavy (non-hydrogen) atoms. The van der Waals surface area contributed by atoms with Gasteiger partial charge in [0.2, 0.25) is 0 Å². The molecule has 1 atom stereocenters. The highest BCUT2D eigenvalue weighted by Crippen LogP contribution is 2.09. The molecule has 1 rings (SSSR count). The lowest BCUT2D eigenvalue weighted by atomic mass is 10.1. The molecule has 114 valence electrons. The highest BCUT2D eigenvalue weighted by atomic mass is 19.1. The molecule has 1 aromatic rings. The van der Waals surface area contributed by atoms with Crippen molar-refractivity contribution in [1.82, 2.24) is 10.2 Å². The molecule has 0 saturated heterocycles. The zero-order chi connectivity index (χ0) is 15.2. The van der Waals surface area contributed by atoms with Crippen LogP contribution in [0.15, 0.2) is 24.3 Å². The van der Waals surface area contributed by atoms with Gasteiger partial charge in [-0.05, 0) is 45.5 Å². The van der Waals surface area contributed by atoms with Crippen molar-refractivity contribution in [2.45, 2.75) is 38.9 Å². The summed E-state index contributed by atoms with van der Waals surface area (Å²) in [5.74, 6) is -0.195. The summed E-state index contributed by atoms with van der Waals surface area (Å²) in [4.78, 5) is 2.23. The summed E-state index contributed by atoms with van der Waals surface area (Å²) in [6.07, 6.45) is 0. The quantitative estimate of drug-likeness (QED) is 0.832. The monoisotopic (exact) mass is 282 g/mol. The Balaban J connectivity index is 2.58. The number of rotatable bonds is 7. The molecular weight excluding hydrogens is 255 g/mol. The van der Waals surface area contributed by atoms with Gasteiger partial charge in [-0.25, -0.2) is 4.39 Å². The van der Waals surface area contributed by atoms with E-state index in [0.29, 0.717) is 6.61 Å². The zero-order valence-electron chi connectivity index (χ0n) is 13.2. The minimum absolute atomic E-state index is 0.0860. The van der Waals surface area contributed by atoms with Crippen molar-refractivity contribution in [3.63, 3.8) is 0 Å². The molecule has 0 heterocycles. The first-order valence-corrected chi connectivity index (χ1v) is 7.00. The van der Waals surface area contributed by atoms with Gasteiger partial charge in [-0.1, -0.05) is 12.1 Å². The second kappa shape index (κ2) is 7.72. The smallest absolute Gasteiger partial charge is 0.123 e. The van der Waals surface area contributed by atoms with Crippen LogP contribution in [0, 0.1) is 5.82 Å². The van der Waals surface area contributed by atoms with Crippen LogP contribution in [0.25, 0.3) is 0 Å². The highest BCUT2D eigenvalue weighted by Gasteiger charge is 2.18. The lowest BCUT2D eigenvalue weighted by Gasteiger charge is -2.31. The Morgan fingerprint density at radius 2 is 1.85 bits per heavy atom. The molecule has 0 amide bonds. The average Bonchev–Trinajstić information content (AvgIpc) is 2.36. The maximum atomic E-state index is 12.9.